The molecule has 28 heavy (non-hydrogen) atoms. The van der Waals surface area contributed by atoms with Gasteiger partial charge in [-0.15, -0.1) is 10.2 Å². The second kappa shape index (κ2) is 6.70. The number of aromatic amines is 1. The van der Waals surface area contributed by atoms with Crippen molar-refractivity contribution in [1.29, 1.82) is 0 Å². The monoisotopic (exact) mass is 380 g/mol. The third-order valence-electron chi connectivity index (χ3n) is 5.24. The molecule has 1 saturated heterocycles. The summed E-state index contributed by atoms with van der Waals surface area (Å²) in [5.74, 6) is -1.37. The standard InChI is InChI=1S/C20H18F2N6/c21-14-9-10-15-16(17(14)22)18(27-11-5-2-6-12-27)19(20-23-25-26-24-20)28(15)13-7-3-1-4-8-13/h1,3-4,7-10H,2,5-6,11-12H2,(H,23,24,25,26). The molecule has 0 amide bonds. The summed E-state index contributed by atoms with van der Waals surface area (Å²) in [4.78, 5) is 2.11. The highest BCUT2D eigenvalue weighted by atomic mass is 19.2. The van der Waals surface area contributed by atoms with E-state index in [4.69, 9.17) is 0 Å². The third kappa shape index (κ3) is 2.56. The molecule has 1 fully saturated rings. The summed E-state index contributed by atoms with van der Waals surface area (Å²) in [6, 6.07) is 12.3. The van der Waals surface area contributed by atoms with Crippen LogP contribution in [0.4, 0.5) is 14.5 Å². The smallest absolute Gasteiger partial charge is 0.223 e. The average molecular weight is 380 g/mol. The maximum absolute atomic E-state index is 15.1. The van der Waals surface area contributed by atoms with Gasteiger partial charge in [0.15, 0.2) is 11.6 Å². The van der Waals surface area contributed by atoms with E-state index >= 15 is 4.39 Å². The number of tetrazole rings is 1. The van der Waals surface area contributed by atoms with Gasteiger partial charge < -0.3 is 9.47 Å². The Kier molecular flexibility index (Phi) is 4.03. The van der Waals surface area contributed by atoms with E-state index < -0.39 is 11.6 Å². The van der Waals surface area contributed by atoms with Gasteiger partial charge in [0, 0.05) is 18.8 Å². The first-order chi connectivity index (χ1) is 13.8. The molecule has 0 saturated carbocycles. The van der Waals surface area contributed by atoms with Gasteiger partial charge in [0.25, 0.3) is 0 Å². The molecule has 3 heterocycles. The van der Waals surface area contributed by atoms with Crippen LogP contribution in [0.1, 0.15) is 19.3 Å². The van der Waals surface area contributed by atoms with Crippen LogP contribution in [-0.2, 0) is 0 Å². The first-order valence-electron chi connectivity index (χ1n) is 9.32. The van der Waals surface area contributed by atoms with E-state index in [0.29, 0.717) is 22.7 Å². The molecule has 0 spiro atoms. The molecule has 0 atom stereocenters. The van der Waals surface area contributed by atoms with E-state index in [1.165, 1.54) is 0 Å². The Balaban J connectivity index is 1.92. The third-order valence-corrected chi connectivity index (χ3v) is 5.24. The summed E-state index contributed by atoms with van der Waals surface area (Å²) in [6.45, 7) is 1.55. The van der Waals surface area contributed by atoms with E-state index in [0.717, 1.165) is 44.1 Å². The van der Waals surface area contributed by atoms with Crippen LogP contribution in [0.15, 0.2) is 42.5 Å². The van der Waals surface area contributed by atoms with E-state index in [-0.39, 0.29) is 5.39 Å². The molecular weight excluding hydrogens is 362 g/mol. The minimum Gasteiger partial charge on any atom is -0.369 e. The maximum Gasteiger partial charge on any atom is 0.223 e. The number of fused-ring (bicyclic) bond motifs is 1. The zero-order valence-electron chi connectivity index (χ0n) is 15.1. The van der Waals surface area contributed by atoms with Crippen molar-refractivity contribution in [1.82, 2.24) is 25.2 Å². The summed E-state index contributed by atoms with van der Waals surface area (Å²) in [5, 5.41) is 14.8. The Labute approximate surface area is 159 Å². The average Bonchev–Trinajstić information content (AvgIpc) is 3.38. The Hall–Kier alpha value is -3.29. The fourth-order valence-electron chi connectivity index (χ4n) is 4.04. The van der Waals surface area contributed by atoms with Crippen LogP contribution < -0.4 is 4.90 Å². The summed E-state index contributed by atoms with van der Waals surface area (Å²) in [7, 11) is 0. The Morgan fingerprint density at radius 1 is 0.929 bits per heavy atom. The van der Waals surface area contributed by atoms with Crippen molar-refractivity contribution in [2.24, 2.45) is 0 Å². The molecule has 1 aliphatic heterocycles. The normalized spacial score (nSPS) is 14.7. The number of aromatic nitrogens is 5. The summed E-state index contributed by atoms with van der Waals surface area (Å²) < 4.78 is 31.2. The predicted molar refractivity (Wildman–Crippen MR) is 102 cm³/mol. The molecule has 2 aromatic carbocycles. The lowest BCUT2D eigenvalue weighted by molar-refractivity contribution is 0.516. The molecule has 0 bridgehead atoms. The highest BCUT2D eigenvalue weighted by Crippen LogP contribution is 2.43. The lowest BCUT2D eigenvalue weighted by atomic mass is 10.1. The van der Waals surface area contributed by atoms with Crippen molar-refractivity contribution in [3.05, 3.63) is 54.1 Å². The lowest BCUT2D eigenvalue weighted by Crippen LogP contribution is -2.30. The molecule has 142 valence electrons. The number of nitrogens with zero attached hydrogens (tertiary/aromatic N) is 5. The molecule has 4 aromatic rings. The summed E-state index contributed by atoms with van der Waals surface area (Å²) in [6.07, 6.45) is 3.13. The highest BCUT2D eigenvalue weighted by Gasteiger charge is 2.30. The van der Waals surface area contributed by atoms with Gasteiger partial charge in [-0.05, 0) is 48.7 Å². The van der Waals surface area contributed by atoms with Crippen molar-refractivity contribution < 1.29 is 8.78 Å². The van der Waals surface area contributed by atoms with Crippen molar-refractivity contribution in [2.75, 3.05) is 18.0 Å². The van der Waals surface area contributed by atoms with Gasteiger partial charge in [0.1, 0.15) is 5.69 Å². The molecule has 0 aliphatic carbocycles. The van der Waals surface area contributed by atoms with Crippen LogP contribution in [0.3, 0.4) is 0 Å². The topological polar surface area (TPSA) is 62.6 Å². The first kappa shape index (κ1) is 16.9. The van der Waals surface area contributed by atoms with Gasteiger partial charge in [-0.2, -0.15) is 5.21 Å². The fraction of sp³-hybridized carbons (Fsp3) is 0.250. The first-order valence-corrected chi connectivity index (χ1v) is 9.32. The largest absolute Gasteiger partial charge is 0.369 e. The Bertz CT molecular complexity index is 1120. The van der Waals surface area contributed by atoms with Gasteiger partial charge in [0.05, 0.1) is 16.6 Å². The van der Waals surface area contributed by atoms with Crippen molar-refractivity contribution >= 4 is 16.6 Å². The number of rotatable bonds is 3. The molecular formula is C20H18F2N6. The molecule has 5 rings (SSSR count). The Morgan fingerprint density at radius 2 is 1.71 bits per heavy atom. The number of nitrogens with one attached hydrogen (secondary N) is 1. The second-order valence-corrected chi connectivity index (χ2v) is 6.91. The van der Waals surface area contributed by atoms with Crippen LogP contribution >= 0.6 is 0 Å². The SMILES string of the molecule is Fc1ccc2c(c1F)c(N1CCCCC1)c(-c1nn[nH]n1)n2-c1ccccc1. The number of para-hydroxylation sites is 1. The highest BCUT2D eigenvalue weighted by molar-refractivity contribution is 6.03. The molecule has 6 nitrogen and oxygen atoms in total. The van der Waals surface area contributed by atoms with Gasteiger partial charge in [0.2, 0.25) is 5.82 Å². The zero-order chi connectivity index (χ0) is 19.1. The van der Waals surface area contributed by atoms with Gasteiger partial charge in [-0.25, -0.2) is 8.78 Å². The van der Waals surface area contributed by atoms with Gasteiger partial charge in [-0.1, -0.05) is 18.2 Å². The van der Waals surface area contributed by atoms with Crippen molar-refractivity contribution in [3.8, 4) is 17.2 Å². The van der Waals surface area contributed by atoms with Crippen molar-refractivity contribution in [2.45, 2.75) is 19.3 Å². The van der Waals surface area contributed by atoms with E-state index in [1.807, 2.05) is 34.9 Å². The molecule has 2 aromatic heterocycles. The van der Waals surface area contributed by atoms with Crippen LogP contribution in [0, 0.1) is 11.6 Å². The van der Waals surface area contributed by atoms with E-state index in [9.17, 15) is 4.39 Å². The molecule has 0 unspecified atom stereocenters. The van der Waals surface area contributed by atoms with Gasteiger partial charge in [-0.3, -0.25) is 0 Å². The van der Waals surface area contributed by atoms with Crippen LogP contribution in [-0.4, -0.2) is 38.3 Å². The number of benzene rings is 2. The number of H-pyrrole nitrogens is 1. The van der Waals surface area contributed by atoms with Crippen LogP contribution in [0.25, 0.3) is 28.1 Å². The van der Waals surface area contributed by atoms with Gasteiger partial charge >= 0.3 is 0 Å². The van der Waals surface area contributed by atoms with Crippen LogP contribution in [0.5, 0.6) is 0 Å². The number of hydrogen-bond donors (Lipinski definition) is 1. The lowest BCUT2D eigenvalue weighted by Gasteiger charge is -2.29. The van der Waals surface area contributed by atoms with E-state index in [2.05, 4.69) is 25.5 Å². The van der Waals surface area contributed by atoms with Crippen molar-refractivity contribution in [3.63, 3.8) is 0 Å². The molecule has 0 radical (unpaired) electrons. The second-order valence-electron chi connectivity index (χ2n) is 6.91. The molecule has 1 N–H and O–H groups in total. The molecule has 1 aliphatic rings. The quantitative estimate of drug-likeness (QED) is 0.582. The number of anilines is 1. The number of hydrogen-bond acceptors (Lipinski definition) is 4. The van der Waals surface area contributed by atoms with E-state index in [1.54, 1.807) is 6.07 Å². The number of piperidine rings is 1. The Morgan fingerprint density at radius 3 is 2.43 bits per heavy atom. The minimum absolute atomic E-state index is 0.255. The zero-order valence-corrected chi connectivity index (χ0v) is 15.1. The summed E-state index contributed by atoms with van der Waals surface area (Å²) in [5.41, 5.74) is 2.63. The molecule has 8 heteroatoms. The fourth-order valence-corrected chi connectivity index (χ4v) is 4.04. The maximum atomic E-state index is 15.1. The number of halogens is 2. The summed E-state index contributed by atoms with van der Waals surface area (Å²) >= 11 is 0. The predicted octanol–water partition coefficient (Wildman–Crippen LogP) is 4.08. The van der Waals surface area contributed by atoms with Crippen LogP contribution in [0.2, 0.25) is 0 Å². The minimum atomic E-state index is -0.865.